The summed E-state index contributed by atoms with van der Waals surface area (Å²) in [6.07, 6.45) is 0.0695. The van der Waals surface area contributed by atoms with E-state index in [2.05, 4.69) is 10.6 Å². The highest BCUT2D eigenvalue weighted by atomic mass is 19.1. The quantitative estimate of drug-likeness (QED) is 0.577. The maximum atomic E-state index is 13.5. The average molecular weight is 382 g/mol. The van der Waals surface area contributed by atoms with Gasteiger partial charge < -0.3 is 15.4 Å². The Labute approximate surface area is 162 Å². The minimum Gasteiger partial charge on any atom is -0.489 e. The molecule has 0 aromatic heterocycles. The number of hydrogen-bond acceptors (Lipinski definition) is 3. The Morgan fingerprint density at radius 3 is 2.21 bits per heavy atom. The van der Waals surface area contributed by atoms with Crippen molar-refractivity contribution >= 4 is 17.3 Å². The summed E-state index contributed by atoms with van der Waals surface area (Å²) in [5, 5.41) is 5.34. The van der Waals surface area contributed by atoms with Crippen molar-refractivity contribution in [3.8, 4) is 5.75 Å². The van der Waals surface area contributed by atoms with E-state index < -0.39 is 23.2 Å². The Hall–Kier alpha value is -3.41. The second-order valence-corrected chi connectivity index (χ2v) is 6.12. The number of carbonyl (C=O) groups excluding carboxylic acids is 1. The van der Waals surface area contributed by atoms with Crippen LogP contribution in [-0.2, 0) is 11.4 Å². The molecule has 6 heteroatoms. The zero-order valence-corrected chi connectivity index (χ0v) is 15.1. The fourth-order valence-corrected chi connectivity index (χ4v) is 2.55. The van der Waals surface area contributed by atoms with Crippen LogP contribution in [0.5, 0.6) is 5.75 Å². The summed E-state index contributed by atoms with van der Waals surface area (Å²) in [4.78, 5) is 11.9. The van der Waals surface area contributed by atoms with E-state index >= 15 is 0 Å². The van der Waals surface area contributed by atoms with Crippen LogP contribution in [0.25, 0.3) is 0 Å². The van der Waals surface area contributed by atoms with Gasteiger partial charge in [-0.1, -0.05) is 36.4 Å². The number of para-hydroxylation sites is 1. The largest absolute Gasteiger partial charge is 0.489 e. The highest BCUT2D eigenvalue weighted by Crippen LogP contribution is 2.19. The molecule has 0 saturated carbocycles. The maximum Gasteiger partial charge on any atom is 0.226 e. The third-order valence-electron chi connectivity index (χ3n) is 4.01. The molecule has 0 unspecified atom stereocenters. The van der Waals surface area contributed by atoms with Crippen LogP contribution >= 0.6 is 0 Å². The lowest BCUT2D eigenvalue weighted by molar-refractivity contribution is -0.116. The molecule has 0 heterocycles. The van der Waals surface area contributed by atoms with E-state index in [0.29, 0.717) is 13.2 Å². The summed E-state index contributed by atoms with van der Waals surface area (Å²) < 4.78 is 32.8. The molecule has 4 nitrogen and oxygen atoms in total. The summed E-state index contributed by atoms with van der Waals surface area (Å²) in [5.41, 5.74) is 1.48. The van der Waals surface area contributed by atoms with Crippen molar-refractivity contribution in [2.24, 2.45) is 0 Å². The van der Waals surface area contributed by atoms with Gasteiger partial charge in [0, 0.05) is 18.7 Å². The van der Waals surface area contributed by atoms with Gasteiger partial charge in [-0.05, 0) is 42.0 Å². The molecule has 1 amide bonds. The number of nitrogens with one attached hydrogen (secondary N) is 2. The normalized spacial score (nSPS) is 10.4. The minimum atomic E-state index is -0.799. The van der Waals surface area contributed by atoms with Crippen molar-refractivity contribution in [3.63, 3.8) is 0 Å². The molecular weight excluding hydrogens is 362 g/mol. The van der Waals surface area contributed by atoms with Gasteiger partial charge in [0.05, 0.1) is 0 Å². The number of ether oxygens (including phenoxy) is 1. The summed E-state index contributed by atoms with van der Waals surface area (Å²) in [5.74, 6) is -1.33. The zero-order chi connectivity index (χ0) is 19.8. The van der Waals surface area contributed by atoms with Gasteiger partial charge >= 0.3 is 0 Å². The van der Waals surface area contributed by atoms with E-state index in [1.807, 2.05) is 54.6 Å². The summed E-state index contributed by atoms with van der Waals surface area (Å²) >= 11 is 0. The Balaban J connectivity index is 1.43. The Morgan fingerprint density at radius 2 is 1.54 bits per heavy atom. The first kappa shape index (κ1) is 19.4. The molecule has 3 aromatic carbocycles. The predicted molar refractivity (Wildman–Crippen MR) is 105 cm³/mol. The molecule has 0 aliphatic rings. The van der Waals surface area contributed by atoms with E-state index in [9.17, 15) is 13.6 Å². The monoisotopic (exact) mass is 382 g/mol. The summed E-state index contributed by atoms with van der Waals surface area (Å²) in [6.45, 7) is 0.812. The third-order valence-corrected chi connectivity index (χ3v) is 4.01. The van der Waals surface area contributed by atoms with Crippen LogP contribution in [0.15, 0.2) is 72.8 Å². The molecule has 3 rings (SSSR count). The fraction of sp³-hybridized carbons (Fsp3) is 0.136. The van der Waals surface area contributed by atoms with E-state index in [1.165, 1.54) is 6.07 Å². The molecule has 0 aliphatic heterocycles. The number of rotatable bonds is 8. The first-order valence-corrected chi connectivity index (χ1v) is 8.86. The SMILES string of the molecule is O=C(CCNc1ccc(OCc2ccccc2)cc1)Nc1c(F)cccc1F. The highest BCUT2D eigenvalue weighted by Gasteiger charge is 2.11. The van der Waals surface area contributed by atoms with Gasteiger partial charge in [-0.15, -0.1) is 0 Å². The van der Waals surface area contributed by atoms with Crippen molar-refractivity contribution in [3.05, 3.63) is 90.0 Å². The van der Waals surface area contributed by atoms with Crippen molar-refractivity contribution in [2.75, 3.05) is 17.2 Å². The van der Waals surface area contributed by atoms with Crippen molar-refractivity contribution in [1.29, 1.82) is 0 Å². The van der Waals surface area contributed by atoms with Crippen LogP contribution in [-0.4, -0.2) is 12.5 Å². The van der Waals surface area contributed by atoms with Crippen molar-refractivity contribution < 1.29 is 18.3 Å². The van der Waals surface area contributed by atoms with Gasteiger partial charge in [0.15, 0.2) is 0 Å². The first-order valence-electron chi connectivity index (χ1n) is 8.86. The number of halogens is 2. The number of carbonyl (C=O) groups is 1. The Bertz CT molecular complexity index is 895. The lowest BCUT2D eigenvalue weighted by Gasteiger charge is -2.10. The molecule has 0 aliphatic carbocycles. The number of anilines is 2. The first-order chi connectivity index (χ1) is 13.6. The molecule has 0 spiro atoms. The van der Waals surface area contributed by atoms with E-state index in [1.54, 1.807) is 0 Å². The molecule has 3 aromatic rings. The van der Waals surface area contributed by atoms with Gasteiger partial charge in [-0.3, -0.25) is 4.79 Å². The third kappa shape index (κ3) is 5.54. The zero-order valence-electron chi connectivity index (χ0n) is 15.1. The second-order valence-electron chi connectivity index (χ2n) is 6.12. The Kier molecular flexibility index (Phi) is 6.57. The molecule has 0 atom stereocenters. The van der Waals surface area contributed by atoms with Gasteiger partial charge in [0.2, 0.25) is 5.91 Å². The van der Waals surface area contributed by atoms with Crippen LogP contribution in [0.4, 0.5) is 20.2 Å². The van der Waals surface area contributed by atoms with Gasteiger partial charge in [0.25, 0.3) is 0 Å². The average Bonchev–Trinajstić information content (AvgIpc) is 2.71. The van der Waals surface area contributed by atoms with Gasteiger partial charge in [-0.25, -0.2) is 8.78 Å². The molecule has 0 saturated heterocycles. The second kappa shape index (κ2) is 9.50. The van der Waals surface area contributed by atoms with Crippen LogP contribution in [0, 0.1) is 11.6 Å². The predicted octanol–water partition coefficient (Wildman–Crippen LogP) is 4.98. The van der Waals surface area contributed by atoms with Crippen LogP contribution in [0.2, 0.25) is 0 Å². The van der Waals surface area contributed by atoms with Crippen molar-refractivity contribution in [1.82, 2.24) is 0 Å². The maximum absolute atomic E-state index is 13.5. The highest BCUT2D eigenvalue weighted by molar-refractivity contribution is 5.91. The van der Waals surface area contributed by atoms with Crippen LogP contribution in [0.3, 0.4) is 0 Å². The lowest BCUT2D eigenvalue weighted by atomic mass is 10.2. The molecule has 2 N–H and O–H groups in total. The minimum absolute atomic E-state index is 0.0695. The standard InChI is InChI=1S/C22H20F2N2O2/c23-19-7-4-8-20(24)22(19)26-21(27)13-14-25-17-9-11-18(12-10-17)28-15-16-5-2-1-3-6-16/h1-12,25H,13-15H2,(H,26,27). The van der Waals surface area contributed by atoms with E-state index in [0.717, 1.165) is 29.1 Å². The topological polar surface area (TPSA) is 50.4 Å². The van der Waals surface area contributed by atoms with Crippen LogP contribution < -0.4 is 15.4 Å². The Morgan fingerprint density at radius 1 is 0.857 bits per heavy atom. The smallest absolute Gasteiger partial charge is 0.226 e. The van der Waals surface area contributed by atoms with Crippen LogP contribution in [0.1, 0.15) is 12.0 Å². The molecule has 28 heavy (non-hydrogen) atoms. The summed E-state index contributed by atoms with van der Waals surface area (Å²) in [6, 6.07) is 20.7. The summed E-state index contributed by atoms with van der Waals surface area (Å²) in [7, 11) is 0. The van der Waals surface area contributed by atoms with E-state index in [-0.39, 0.29) is 6.42 Å². The van der Waals surface area contributed by atoms with Gasteiger partial charge in [0.1, 0.15) is 29.7 Å². The molecular formula is C22H20F2N2O2. The molecule has 144 valence electrons. The lowest BCUT2D eigenvalue weighted by Crippen LogP contribution is -2.17. The molecule has 0 fully saturated rings. The fourth-order valence-electron chi connectivity index (χ4n) is 2.55. The molecule has 0 radical (unpaired) electrons. The number of benzene rings is 3. The number of amides is 1. The number of hydrogen-bond donors (Lipinski definition) is 2. The molecule has 0 bridgehead atoms. The van der Waals surface area contributed by atoms with Crippen molar-refractivity contribution in [2.45, 2.75) is 13.0 Å². The van der Waals surface area contributed by atoms with E-state index in [4.69, 9.17) is 4.74 Å². The van der Waals surface area contributed by atoms with Gasteiger partial charge in [-0.2, -0.15) is 0 Å².